The molecular formula is C18H25N5O2S. The highest BCUT2D eigenvalue weighted by Crippen LogP contribution is 2.11. The molecule has 1 atom stereocenters. The Morgan fingerprint density at radius 3 is 2.69 bits per heavy atom. The number of nitrogens with zero attached hydrogens (tertiary/aromatic N) is 1. The van der Waals surface area contributed by atoms with Crippen LogP contribution < -0.4 is 21.7 Å². The number of aromatic amines is 1. The third kappa shape index (κ3) is 5.52. The molecule has 1 aromatic heterocycles. The molecule has 7 nitrogen and oxygen atoms in total. The van der Waals surface area contributed by atoms with Crippen molar-refractivity contribution in [3.8, 4) is 0 Å². The first-order valence-corrected chi connectivity index (χ1v) is 9.25. The van der Waals surface area contributed by atoms with Crippen LogP contribution in [0, 0.1) is 5.92 Å². The highest BCUT2D eigenvalue weighted by atomic mass is 32.1. The number of H-pyrrole nitrogens is 1. The van der Waals surface area contributed by atoms with E-state index in [0.717, 1.165) is 13.0 Å². The zero-order chi connectivity index (χ0) is 18.9. The quantitative estimate of drug-likeness (QED) is 0.337. The fourth-order valence-electron chi connectivity index (χ4n) is 2.62. The van der Waals surface area contributed by atoms with E-state index in [0.29, 0.717) is 21.8 Å². The van der Waals surface area contributed by atoms with Gasteiger partial charge >= 0.3 is 0 Å². The number of benzene rings is 1. The van der Waals surface area contributed by atoms with E-state index in [1.807, 2.05) is 0 Å². The lowest BCUT2D eigenvalue weighted by molar-refractivity contribution is 0.0939. The number of hydrogen-bond donors (Lipinski definition) is 4. The topological polar surface area (TPSA) is 98.9 Å². The van der Waals surface area contributed by atoms with Gasteiger partial charge in [0.2, 0.25) is 0 Å². The van der Waals surface area contributed by atoms with Crippen molar-refractivity contribution in [2.75, 3.05) is 6.54 Å². The molecule has 0 radical (unpaired) electrons. The van der Waals surface area contributed by atoms with Gasteiger partial charge in [-0.25, -0.2) is 5.10 Å². The Bertz CT molecular complexity index is 821. The zero-order valence-electron chi connectivity index (χ0n) is 15.1. The number of thiocarbonyl (C=S) groups is 1. The molecule has 140 valence electrons. The molecule has 0 spiro atoms. The summed E-state index contributed by atoms with van der Waals surface area (Å²) in [6.07, 6.45) is 4.80. The van der Waals surface area contributed by atoms with E-state index in [1.165, 1.54) is 19.3 Å². The summed E-state index contributed by atoms with van der Waals surface area (Å²) in [5, 5.41) is 10.5. The summed E-state index contributed by atoms with van der Waals surface area (Å²) in [5.41, 5.74) is 4.98. The standard InChI is InChI=1S/C18H25N5O2S/c1-3-4-5-8-12(2)11-19-18(26)23-22-17(25)15-13-9-6-7-10-14(13)16(24)21-20-15/h6-7,9-10,12H,3-5,8,11H2,1-2H3,(H,21,24)(H,22,25)(H2,19,23,26)/t12-/m1/s1. The van der Waals surface area contributed by atoms with E-state index in [2.05, 4.69) is 40.2 Å². The van der Waals surface area contributed by atoms with E-state index in [4.69, 9.17) is 12.2 Å². The van der Waals surface area contributed by atoms with Gasteiger partial charge in [0.05, 0.1) is 5.39 Å². The predicted octanol–water partition coefficient (Wildman–Crippen LogP) is 2.25. The molecule has 1 amide bonds. The molecule has 0 aliphatic rings. The van der Waals surface area contributed by atoms with E-state index in [9.17, 15) is 9.59 Å². The average Bonchev–Trinajstić information content (AvgIpc) is 2.65. The fraction of sp³-hybridized carbons (Fsp3) is 0.444. The second kappa shape index (κ2) is 9.86. The van der Waals surface area contributed by atoms with Crippen molar-refractivity contribution in [1.82, 2.24) is 26.4 Å². The van der Waals surface area contributed by atoms with Crippen molar-refractivity contribution in [1.29, 1.82) is 0 Å². The summed E-state index contributed by atoms with van der Waals surface area (Å²) in [4.78, 5) is 24.1. The number of carbonyl (C=O) groups excluding carboxylic acids is 1. The Morgan fingerprint density at radius 1 is 1.23 bits per heavy atom. The zero-order valence-corrected chi connectivity index (χ0v) is 15.9. The molecule has 26 heavy (non-hydrogen) atoms. The number of aromatic nitrogens is 2. The van der Waals surface area contributed by atoms with E-state index in [-0.39, 0.29) is 11.3 Å². The van der Waals surface area contributed by atoms with E-state index < -0.39 is 5.91 Å². The van der Waals surface area contributed by atoms with Crippen molar-refractivity contribution in [3.63, 3.8) is 0 Å². The normalized spacial score (nSPS) is 11.8. The number of hydrazine groups is 1. The summed E-state index contributed by atoms with van der Waals surface area (Å²) >= 11 is 5.18. The lowest BCUT2D eigenvalue weighted by Crippen LogP contribution is -2.48. The van der Waals surface area contributed by atoms with Gasteiger partial charge in [-0.1, -0.05) is 51.3 Å². The number of nitrogens with one attached hydrogen (secondary N) is 4. The molecule has 1 aromatic carbocycles. The number of carbonyl (C=O) groups is 1. The van der Waals surface area contributed by atoms with Crippen LogP contribution in [0.25, 0.3) is 10.8 Å². The molecular weight excluding hydrogens is 350 g/mol. The number of amides is 1. The molecule has 0 aliphatic heterocycles. The van der Waals surface area contributed by atoms with Crippen LogP contribution in [0.3, 0.4) is 0 Å². The minimum atomic E-state index is -0.474. The summed E-state index contributed by atoms with van der Waals surface area (Å²) in [6, 6.07) is 6.81. The second-order valence-corrected chi connectivity index (χ2v) is 6.75. The van der Waals surface area contributed by atoms with E-state index >= 15 is 0 Å². The van der Waals surface area contributed by atoms with Crippen molar-refractivity contribution < 1.29 is 4.79 Å². The SMILES string of the molecule is CCCCC[C@@H](C)CNC(=S)NNC(=O)c1n[nH]c(=O)c2ccccc12. The van der Waals surface area contributed by atoms with Gasteiger partial charge in [-0.15, -0.1) is 0 Å². The largest absolute Gasteiger partial charge is 0.361 e. The summed E-state index contributed by atoms with van der Waals surface area (Å²) < 4.78 is 0. The predicted molar refractivity (Wildman–Crippen MR) is 107 cm³/mol. The Morgan fingerprint density at radius 2 is 1.96 bits per heavy atom. The number of fused-ring (bicyclic) bond motifs is 1. The van der Waals surface area contributed by atoms with Gasteiger partial charge in [-0.3, -0.25) is 20.4 Å². The lowest BCUT2D eigenvalue weighted by atomic mass is 10.0. The van der Waals surface area contributed by atoms with Crippen LogP contribution in [-0.2, 0) is 0 Å². The van der Waals surface area contributed by atoms with Gasteiger partial charge in [0.15, 0.2) is 10.8 Å². The van der Waals surface area contributed by atoms with Crippen LogP contribution in [0.15, 0.2) is 29.1 Å². The molecule has 0 fully saturated rings. The fourth-order valence-corrected chi connectivity index (χ4v) is 2.75. The molecule has 0 aliphatic carbocycles. The second-order valence-electron chi connectivity index (χ2n) is 6.34. The molecule has 2 rings (SSSR count). The lowest BCUT2D eigenvalue weighted by Gasteiger charge is -2.15. The average molecular weight is 375 g/mol. The Kier molecular flexibility index (Phi) is 7.53. The Labute approximate surface area is 157 Å². The van der Waals surface area contributed by atoms with Gasteiger partial charge in [-0.05, 0) is 30.6 Å². The molecule has 1 heterocycles. The molecule has 2 aromatic rings. The minimum Gasteiger partial charge on any atom is -0.361 e. The highest BCUT2D eigenvalue weighted by Gasteiger charge is 2.14. The molecule has 4 N–H and O–H groups in total. The van der Waals surface area contributed by atoms with Crippen LogP contribution in [0.4, 0.5) is 0 Å². The number of rotatable bonds is 7. The first-order chi connectivity index (χ1) is 12.5. The first kappa shape index (κ1) is 19.8. The van der Waals surface area contributed by atoms with Crippen molar-refractivity contribution in [2.24, 2.45) is 5.92 Å². The Hall–Kier alpha value is -2.48. The molecule has 0 saturated heterocycles. The number of hydrogen-bond acceptors (Lipinski definition) is 4. The molecule has 0 saturated carbocycles. The van der Waals surface area contributed by atoms with Gasteiger partial charge < -0.3 is 5.32 Å². The maximum atomic E-state index is 12.3. The van der Waals surface area contributed by atoms with Crippen LogP contribution in [0.2, 0.25) is 0 Å². The Balaban J connectivity index is 1.86. The van der Waals surface area contributed by atoms with Crippen LogP contribution >= 0.6 is 12.2 Å². The molecule has 8 heteroatoms. The van der Waals surface area contributed by atoms with Crippen molar-refractivity contribution in [3.05, 3.63) is 40.3 Å². The summed E-state index contributed by atoms with van der Waals surface area (Å²) in [5.74, 6) is 0.0272. The van der Waals surface area contributed by atoms with Gasteiger partial charge in [-0.2, -0.15) is 5.10 Å². The third-order valence-electron chi connectivity index (χ3n) is 4.11. The van der Waals surface area contributed by atoms with Crippen LogP contribution in [0.1, 0.15) is 50.0 Å². The van der Waals surface area contributed by atoms with Crippen molar-refractivity contribution in [2.45, 2.75) is 39.5 Å². The molecule has 0 unspecified atom stereocenters. The smallest absolute Gasteiger partial charge is 0.290 e. The van der Waals surface area contributed by atoms with E-state index in [1.54, 1.807) is 24.3 Å². The van der Waals surface area contributed by atoms with Gasteiger partial charge in [0.1, 0.15) is 0 Å². The van der Waals surface area contributed by atoms with Gasteiger partial charge in [0.25, 0.3) is 11.5 Å². The maximum absolute atomic E-state index is 12.3. The van der Waals surface area contributed by atoms with Crippen LogP contribution in [-0.4, -0.2) is 27.8 Å². The first-order valence-electron chi connectivity index (χ1n) is 8.84. The van der Waals surface area contributed by atoms with Crippen LogP contribution in [0.5, 0.6) is 0 Å². The summed E-state index contributed by atoms with van der Waals surface area (Å²) in [6.45, 7) is 5.09. The maximum Gasteiger partial charge on any atom is 0.290 e. The summed E-state index contributed by atoms with van der Waals surface area (Å²) in [7, 11) is 0. The number of unbranched alkanes of at least 4 members (excludes halogenated alkanes) is 2. The highest BCUT2D eigenvalue weighted by molar-refractivity contribution is 7.80. The third-order valence-corrected chi connectivity index (χ3v) is 4.36. The minimum absolute atomic E-state index is 0.128. The molecule has 0 bridgehead atoms. The monoisotopic (exact) mass is 375 g/mol. The van der Waals surface area contributed by atoms with Gasteiger partial charge in [0, 0.05) is 11.9 Å². The van der Waals surface area contributed by atoms with Crippen molar-refractivity contribution >= 4 is 34.0 Å².